The summed E-state index contributed by atoms with van der Waals surface area (Å²) in [7, 11) is 2.65. The molecule has 1 aliphatic rings. The van der Waals surface area contributed by atoms with Crippen molar-refractivity contribution in [2.45, 2.75) is 18.5 Å². The van der Waals surface area contributed by atoms with E-state index in [-0.39, 0.29) is 29.6 Å². The summed E-state index contributed by atoms with van der Waals surface area (Å²) in [5, 5.41) is 22.7. The van der Waals surface area contributed by atoms with E-state index in [1.54, 1.807) is 23.0 Å². The van der Waals surface area contributed by atoms with Crippen LogP contribution >= 0.6 is 0 Å². The first-order chi connectivity index (χ1) is 17.1. The molecule has 1 atom stereocenters. The van der Waals surface area contributed by atoms with Crippen molar-refractivity contribution in [3.8, 4) is 23.1 Å². The van der Waals surface area contributed by atoms with Crippen molar-refractivity contribution in [3.63, 3.8) is 0 Å². The summed E-state index contributed by atoms with van der Waals surface area (Å²) in [5.41, 5.74) is 0.857. The molecule has 12 heteroatoms. The lowest BCUT2D eigenvalue weighted by atomic mass is 9.83. The van der Waals surface area contributed by atoms with Crippen LogP contribution in [0.4, 0.5) is 30.5 Å². The largest absolute Gasteiger partial charge is 0.495 e. The van der Waals surface area contributed by atoms with Crippen LogP contribution in [-0.4, -0.2) is 48.9 Å². The third-order valence-electron chi connectivity index (χ3n) is 6.00. The molecule has 1 aromatic heterocycles. The number of nitriles is 1. The maximum absolute atomic E-state index is 13.2. The number of nitrogens with zero attached hydrogens (tertiary/aromatic N) is 4. The summed E-state index contributed by atoms with van der Waals surface area (Å²) in [5.74, 6) is 0.191. The molecule has 3 aromatic rings. The minimum absolute atomic E-state index is 0.0185. The number of aliphatic hydroxyl groups is 1. The third-order valence-corrected chi connectivity index (χ3v) is 6.00. The first-order valence-electron chi connectivity index (χ1n) is 10.7. The zero-order valence-electron chi connectivity index (χ0n) is 19.3. The first kappa shape index (κ1) is 25.0. The van der Waals surface area contributed by atoms with Crippen molar-refractivity contribution in [1.29, 1.82) is 5.26 Å². The van der Waals surface area contributed by atoms with Gasteiger partial charge in [-0.2, -0.15) is 18.4 Å². The van der Waals surface area contributed by atoms with Crippen LogP contribution in [0.25, 0.3) is 11.3 Å². The molecule has 0 aliphatic carbocycles. The van der Waals surface area contributed by atoms with E-state index < -0.39 is 17.2 Å². The van der Waals surface area contributed by atoms with Gasteiger partial charge < -0.3 is 24.8 Å². The normalized spacial score (nSPS) is 16.8. The number of aromatic nitrogens is 2. The number of anilines is 3. The molecule has 0 bridgehead atoms. The predicted octanol–water partition coefficient (Wildman–Crippen LogP) is 3.67. The van der Waals surface area contributed by atoms with E-state index in [1.165, 1.54) is 26.8 Å². The smallest absolute Gasteiger partial charge is 0.416 e. The Morgan fingerprint density at radius 2 is 2.11 bits per heavy atom. The molecule has 1 unspecified atom stereocenters. The first-order valence-corrected chi connectivity index (χ1v) is 10.7. The minimum atomic E-state index is -4.54. The van der Waals surface area contributed by atoms with Crippen LogP contribution in [0.15, 0.2) is 42.6 Å². The number of fused-ring (bicyclic) bond motifs is 1. The van der Waals surface area contributed by atoms with Crippen LogP contribution in [0, 0.1) is 11.3 Å². The van der Waals surface area contributed by atoms with E-state index >= 15 is 0 Å². The summed E-state index contributed by atoms with van der Waals surface area (Å²) >= 11 is 0. The summed E-state index contributed by atoms with van der Waals surface area (Å²) in [4.78, 5) is 21.3. The fourth-order valence-corrected chi connectivity index (χ4v) is 4.20. The highest BCUT2D eigenvalue weighted by atomic mass is 19.4. The third kappa shape index (κ3) is 4.57. The zero-order valence-corrected chi connectivity index (χ0v) is 19.3. The summed E-state index contributed by atoms with van der Waals surface area (Å²) in [6, 6.07) is 10.1. The monoisotopic (exact) mass is 494 g/mol. The van der Waals surface area contributed by atoms with Crippen LogP contribution in [0.2, 0.25) is 0 Å². The average Bonchev–Trinajstić information content (AvgIpc) is 3.15. The van der Waals surface area contributed by atoms with Gasteiger partial charge in [0.2, 0.25) is 5.95 Å². The van der Waals surface area contributed by atoms with E-state index in [0.29, 0.717) is 35.2 Å². The Morgan fingerprint density at radius 1 is 1.33 bits per heavy atom. The summed E-state index contributed by atoms with van der Waals surface area (Å²) in [6.07, 6.45) is -2.49. The fourth-order valence-electron chi connectivity index (χ4n) is 4.20. The van der Waals surface area contributed by atoms with Gasteiger partial charge in [0.15, 0.2) is 0 Å². The molecule has 2 N–H and O–H groups in total. The number of rotatable bonds is 7. The van der Waals surface area contributed by atoms with Crippen LogP contribution < -0.4 is 14.9 Å². The lowest BCUT2D eigenvalue weighted by molar-refractivity contribution is -0.137. The van der Waals surface area contributed by atoms with Crippen LogP contribution in [0.5, 0.6) is 5.75 Å². The number of aliphatic hydroxyl groups excluding tert-OH is 1. The Morgan fingerprint density at radius 3 is 2.75 bits per heavy atom. The second-order valence-electron chi connectivity index (χ2n) is 8.47. The summed E-state index contributed by atoms with van der Waals surface area (Å²) in [6.45, 7) is 1.91. The van der Waals surface area contributed by atoms with Crippen molar-refractivity contribution < 1.29 is 27.8 Å². The quantitative estimate of drug-likeness (QED) is 0.378. The Kier molecular flexibility index (Phi) is 6.60. The highest BCUT2D eigenvalue weighted by molar-refractivity contribution is 6.70. The topological polar surface area (TPSA) is 111 Å². The average molecular weight is 494 g/mol. The number of benzene rings is 2. The van der Waals surface area contributed by atoms with Gasteiger partial charge >= 0.3 is 13.6 Å². The number of hydrogen-bond donors (Lipinski definition) is 2. The van der Waals surface area contributed by atoms with E-state index in [1.807, 2.05) is 6.92 Å². The van der Waals surface area contributed by atoms with Crippen LogP contribution in [0.1, 0.15) is 23.6 Å². The molecule has 0 amide bonds. The molecule has 0 fully saturated rings. The van der Waals surface area contributed by atoms with Gasteiger partial charge in [-0.25, -0.2) is 9.97 Å². The predicted molar refractivity (Wildman–Crippen MR) is 128 cm³/mol. The van der Waals surface area contributed by atoms with Gasteiger partial charge in [-0.3, -0.25) is 0 Å². The Hall–Kier alpha value is -4.11. The second kappa shape index (κ2) is 9.51. The second-order valence-corrected chi connectivity index (χ2v) is 8.47. The van der Waals surface area contributed by atoms with Crippen LogP contribution in [0.3, 0.4) is 0 Å². The highest BCUT2D eigenvalue weighted by Crippen LogP contribution is 2.44. The van der Waals surface area contributed by atoms with Gasteiger partial charge in [-0.15, -0.1) is 0 Å². The highest BCUT2D eigenvalue weighted by Gasteiger charge is 2.40. The van der Waals surface area contributed by atoms with Crippen molar-refractivity contribution in [2.24, 2.45) is 0 Å². The van der Waals surface area contributed by atoms with E-state index in [0.717, 1.165) is 12.1 Å². The molecule has 2 aromatic carbocycles. The Bertz CT molecular complexity index is 1360. The lowest BCUT2D eigenvalue weighted by Gasteiger charge is -2.23. The molecule has 183 valence electrons. The van der Waals surface area contributed by atoms with Gasteiger partial charge in [-0.05, 0) is 42.0 Å². The standard InChI is InChI=1S/C24H20BF3N5O3/c1-23(12-34)11-33(25-13-35)21-15(10-29)7-14(8-17(21)23)18-5-6-30-22(31-18)32-19-9-16(24(26,27)28)3-4-20(19)36-2/h3-9,13,34H,11-12H2,1-2H3,(H,30,31,32). The number of alkyl halides is 3. The number of carbonyl (C=O) groups is 1. The van der Waals surface area contributed by atoms with Gasteiger partial charge in [0, 0.05) is 29.4 Å². The van der Waals surface area contributed by atoms with Gasteiger partial charge in [0.25, 0.3) is 0 Å². The van der Waals surface area contributed by atoms with Gasteiger partial charge in [-0.1, -0.05) is 6.92 Å². The number of hydrogen-bond acceptors (Lipinski definition) is 8. The van der Waals surface area contributed by atoms with Crippen LogP contribution in [-0.2, 0) is 16.4 Å². The molecule has 1 radical (unpaired) electrons. The van der Waals surface area contributed by atoms with E-state index in [9.17, 15) is 28.3 Å². The van der Waals surface area contributed by atoms with E-state index in [4.69, 9.17) is 4.74 Å². The molecular weight excluding hydrogens is 474 g/mol. The molecular formula is C24H20BF3N5O3. The molecule has 8 nitrogen and oxygen atoms in total. The number of nitrogens with one attached hydrogen (secondary N) is 1. The molecule has 4 rings (SSSR count). The Labute approximate surface area is 205 Å². The maximum atomic E-state index is 13.2. The maximum Gasteiger partial charge on any atom is 0.416 e. The molecule has 36 heavy (non-hydrogen) atoms. The van der Waals surface area contributed by atoms with Gasteiger partial charge in [0.1, 0.15) is 18.0 Å². The zero-order chi connectivity index (χ0) is 26.1. The molecule has 0 saturated carbocycles. The van der Waals surface area contributed by atoms with Crippen molar-refractivity contribution in [1.82, 2.24) is 9.97 Å². The molecule has 2 heterocycles. The fraction of sp³-hybridized carbons (Fsp3) is 0.250. The van der Waals surface area contributed by atoms with Crippen molar-refractivity contribution >= 4 is 30.9 Å². The van der Waals surface area contributed by atoms with Crippen molar-refractivity contribution in [3.05, 3.63) is 59.3 Å². The number of carbonyl (C=O) groups excluding carboxylic acids is 1. The molecule has 0 spiro atoms. The Balaban J connectivity index is 1.76. The van der Waals surface area contributed by atoms with Gasteiger partial charge in [0.05, 0.1) is 36.2 Å². The number of ether oxygens (including phenoxy) is 1. The molecule has 1 aliphatic heterocycles. The minimum Gasteiger partial charge on any atom is -0.495 e. The number of halogens is 3. The SMILES string of the molecule is COc1ccc(C(F)(F)F)cc1Nc1nccc(-c2cc(C#N)c3c(c2)C(C)(CO)CN3[B]C=O)n1. The summed E-state index contributed by atoms with van der Waals surface area (Å²) < 4.78 is 44.8. The number of methoxy groups -OCH3 is 1. The van der Waals surface area contributed by atoms with Crippen molar-refractivity contribution in [2.75, 3.05) is 30.4 Å². The molecule has 0 saturated heterocycles. The lowest BCUT2D eigenvalue weighted by Crippen LogP contribution is -2.36. The van der Waals surface area contributed by atoms with E-state index in [2.05, 4.69) is 21.4 Å².